The van der Waals surface area contributed by atoms with Crippen LogP contribution in [0.25, 0.3) is 22.3 Å². The predicted molar refractivity (Wildman–Crippen MR) is 152 cm³/mol. The average Bonchev–Trinajstić information content (AvgIpc) is 3.02. The standard InChI is InChI=1S/C29H34O17/c1-9-18(32)22(36)24(38)28(43-9)42-8-16-20(34)23(37)25(39)29(45-16)46-27-21(35)17-12(31)6-11(30)7-13(17)44-26(27)10-4-14(40-2)19(33)15(5-10)41-3/h4-7,9,16,18,20,22-25,28-34,36-39H,8H2,1-3H3/t9-,16+,18-,20-,22-,23+,24-,25+,28+,29-/m0/s1. The van der Waals surface area contributed by atoms with Gasteiger partial charge in [0.15, 0.2) is 23.5 Å². The molecule has 9 N–H and O–H groups in total. The van der Waals surface area contributed by atoms with E-state index in [1.54, 1.807) is 0 Å². The van der Waals surface area contributed by atoms with Crippen LogP contribution in [0.1, 0.15) is 6.92 Å². The van der Waals surface area contributed by atoms with Crippen molar-refractivity contribution in [2.45, 2.75) is 68.3 Å². The molecule has 10 atom stereocenters. The lowest BCUT2D eigenvalue weighted by Crippen LogP contribution is -2.61. The fourth-order valence-electron chi connectivity index (χ4n) is 5.20. The molecule has 0 aliphatic carbocycles. The van der Waals surface area contributed by atoms with Crippen molar-refractivity contribution < 1.29 is 78.8 Å². The topological polar surface area (TPSA) is 268 Å². The van der Waals surface area contributed by atoms with Gasteiger partial charge in [0.1, 0.15) is 65.2 Å². The quantitative estimate of drug-likeness (QED) is 0.135. The van der Waals surface area contributed by atoms with Gasteiger partial charge < -0.3 is 78.8 Å². The first-order valence-electron chi connectivity index (χ1n) is 13.9. The molecule has 46 heavy (non-hydrogen) atoms. The number of phenols is 3. The van der Waals surface area contributed by atoms with Crippen molar-refractivity contribution in [1.82, 2.24) is 0 Å². The number of ether oxygens (including phenoxy) is 6. The summed E-state index contributed by atoms with van der Waals surface area (Å²) in [5, 5.41) is 92.7. The Hall–Kier alpha value is -3.91. The molecule has 0 radical (unpaired) electrons. The normalized spacial score (nSPS) is 31.5. The van der Waals surface area contributed by atoms with Crippen LogP contribution in [0.15, 0.2) is 33.5 Å². The van der Waals surface area contributed by atoms with Crippen LogP contribution in [0.2, 0.25) is 0 Å². The van der Waals surface area contributed by atoms with Crippen LogP contribution in [0.5, 0.6) is 34.5 Å². The van der Waals surface area contributed by atoms with Crippen LogP contribution in [0.4, 0.5) is 0 Å². The molecule has 2 aliphatic rings. The SMILES string of the molecule is COc1cc(-c2oc3cc(O)cc(O)c3c(=O)c2O[C@@H]2O[C@H](CO[C@@H]3O[C@@H](C)[C@H](O)[C@H](O)[C@@H]3O)[C@H](O)[C@@H](O)[C@H]2O)cc(OC)c1O. The Kier molecular flexibility index (Phi) is 9.50. The van der Waals surface area contributed by atoms with E-state index in [9.17, 15) is 50.8 Å². The number of aliphatic hydroxyl groups excluding tert-OH is 6. The van der Waals surface area contributed by atoms with Crippen molar-refractivity contribution in [2.75, 3.05) is 20.8 Å². The molecule has 252 valence electrons. The summed E-state index contributed by atoms with van der Waals surface area (Å²) in [5.41, 5.74) is -1.27. The molecule has 3 heterocycles. The van der Waals surface area contributed by atoms with Crippen LogP contribution in [-0.4, -0.2) is 128 Å². The highest BCUT2D eigenvalue weighted by atomic mass is 16.7. The molecule has 1 aromatic heterocycles. The van der Waals surface area contributed by atoms with Crippen molar-refractivity contribution in [2.24, 2.45) is 0 Å². The van der Waals surface area contributed by atoms with E-state index in [1.807, 2.05) is 0 Å². The largest absolute Gasteiger partial charge is 0.508 e. The Morgan fingerprint density at radius 2 is 1.37 bits per heavy atom. The molecule has 5 rings (SSSR count). The molecule has 3 aromatic rings. The Morgan fingerprint density at radius 3 is 2.00 bits per heavy atom. The summed E-state index contributed by atoms with van der Waals surface area (Å²) in [4.78, 5) is 13.8. The number of fused-ring (bicyclic) bond motifs is 1. The van der Waals surface area contributed by atoms with Gasteiger partial charge in [0, 0.05) is 17.7 Å². The van der Waals surface area contributed by atoms with Gasteiger partial charge in [0.25, 0.3) is 0 Å². The molecular weight excluding hydrogens is 620 g/mol. The maximum absolute atomic E-state index is 13.8. The highest BCUT2D eigenvalue weighted by Crippen LogP contribution is 2.44. The first-order chi connectivity index (χ1) is 21.8. The van der Waals surface area contributed by atoms with Gasteiger partial charge in [-0.15, -0.1) is 0 Å². The third-order valence-electron chi connectivity index (χ3n) is 7.80. The zero-order valence-electron chi connectivity index (χ0n) is 24.6. The second-order valence-electron chi connectivity index (χ2n) is 10.8. The maximum Gasteiger partial charge on any atom is 0.239 e. The molecule has 17 nitrogen and oxygen atoms in total. The Bertz CT molecular complexity index is 1600. The summed E-state index contributed by atoms with van der Waals surface area (Å²) in [7, 11) is 2.51. The second-order valence-corrected chi connectivity index (χ2v) is 10.8. The summed E-state index contributed by atoms with van der Waals surface area (Å²) < 4.78 is 38.6. The zero-order valence-corrected chi connectivity index (χ0v) is 24.6. The molecule has 0 saturated carbocycles. The Labute approximate surface area is 259 Å². The van der Waals surface area contributed by atoms with Crippen molar-refractivity contribution in [3.63, 3.8) is 0 Å². The summed E-state index contributed by atoms with van der Waals surface area (Å²) in [6.07, 6.45) is -16.2. The predicted octanol–water partition coefficient (Wildman–Crippen LogP) is -1.38. The number of hydrogen-bond donors (Lipinski definition) is 9. The maximum atomic E-state index is 13.8. The summed E-state index contributed by atoms with van der Waals surface area (Å²) in [5.74, 6) is -2.76. The summed E-state index contributed by atoms with van der Waals surface area (Å²) >= 11 is 0. The number of methoxy groups -OCH3 is 2. The fourth-order valence-corrected chi connectivity index (χ4v) is 5.20. The van der Waals surface area contributed by atoms with Gasteiger partial charge in [0.05, 0.1) is 26.9 Å². The van der Waals surface area contributed by atoms with Crippen LogP contribution in [-0.2, 0) is 14.2 Å². The van der Waals surface area contributed by atoms with E-state index in [-0.39, 0.29) is 34.2 Å². The van der Waals surface area contributed by atoms with Crippen LogP contribution in [0, 0.1) is 0 Å². The lowest BCUT2D eigenvalue weighted by atomic mass is 9.98. The van der Waals surface area contributed by atoms with Gasteiger partial charge in [-0.1, -0.05) is 0 Å². The minimum atomic E-state index is -1.97. The van der Waals surface area contributed by atoms with Crippen LogP contribution in [0.3, 0.4) is 0 Å². The molecule has 2 saturated heterocycles. The summed E-state index contributed by atoms with van der Waals surface area (Å²) in [6.45, 7) is 0.824. The average molecular weight is 655 g/mol. The molecule has 0 spiro atoms. The van der Waals surface area contributed by atoms with Crippen LogP contribution >= 0.6 is 0 Å². The van der Waals surface area contributed by atoms with E-state index in [2.05, 4.69) is 0 Å². The van der Waals surface area contributed by atoms with E-state index in [0.29, 0.717) is 0 Å². The zero-order chi connectivity index (χ0) is 33.6. The van der Waals surface area contributed by atoms with E-state index in [1.165, 1.54) is 33.3 Å². The van der Waals surface area contributed by atoms with Gasteiger partial charge in [-0.05, 0) is 19.1 Å². The van der Waals surface area contributed by atoms with Gasteiger partial charge in [0.2, 0.25) is 23.2 Å². The molecule has 0 amide bonds. The first kappa shape index (κ1) is 33.5. The van der Waals surface area contributed by atoms with Gasteiger partial charge in [-0.2, -0.15) is 0 Å². The molecular formula is C29H34O17. The monoisotopic (exact) mass is 654 g/mol. The Balaban J connectivity index is 1.52. The number of aromatic hydroxyl groups is 3. The van der Waals surface area contributed by atoms with Crippen molar-refractivity contribution in [3.05, 3.63) is 34.5 Å². The molecule has 2 fully saturated rings. The second kappa shape index (κ2) is 13.1. The van der Waals surface area contributed by atoms with Crippen LogP contribution < -0.4 is 19.6 Å². The van der Waals surface area contributed by atoms with Crippen molar-refractivity contribution >= 4 is 11.0 Å². The van der Waals surface area contributed by atoms with Gasteiger partial charge in [-0.25, -0.2) is 0 Å². The van der Waals surface area contributed by atoms with Crippen molar-refractivity contribution in [1.29, 1.82) is 0 Å². The number of hydrogen-bond acceptors (Lipinski definition) is 17. The molecule has 2 aromatic carbocycles. The third kappa shape index (κ3) is 5.99. The van der Waals surface area contributed by atoms with E-state index >= 15 is 0 Å². The molecule has 2 aliphatic heterocycles. The number of phenolic OH excluding ortho intramolecular Hbond substituents is 3. The van der Waals surface area contributed by atoms with Gasteiger partial charge >= 0.3 is 0 Å². The minimum Gasteiger partial charge on any atom is -0.508 e. The molecule has 0 bridgehead atoms. The number of aliphatic hydroxyl groups is 6. The number of rotatable bonds is 8. The Morgan fingerprint density at radius 1 is 0.761 bits per heavy atom. The number of benzene rings is 2. The highest BCUT2D eigenvalue weighted by molar-refractivity contribution is 5.88. The summed E-state index contributed by atoms with van der Waals surface area (Å²) in [6, 6.07) is 4.45. The van der Waals surface area contributed by atoms with E-state index < -0.39 is 96.1 Å². The smallest absolute Gasteiger partial charge is 0.239 e. The molecule has 17 heteroatoms. The van der Waals surface area contributed by atoms with E-state index in [4.69, 9.17) is 32.8 Å². The lowest BCUT2D eigenvalue weighted by Gasteiger charge is -2.42. The highest BCUT2D eigenvalue weighted by Gasteiger charge is 2.48. The first-order valence-corrected chi connectivity index (χ1v) is 13.9. The van der Waals surface area contributed by atoms with E-state index in [0.717, 1.165) is 12.1 Å². The van der Waals surface area contributed by atoms with Gasteiger partial charge in [-0.3, -0.25) is 4.79 Å². The fraction of sp³-hybridized carbons (Fsp3) is 0.483. The molecule has 0 unspecified atom stereocenters. The minimum absolute atomic E-state index is 0.0207. The third-order valence-corrected chi connectivity index (χ3v) is 7.80. The lowest BCUT2D eigenvalue weighted by molar-refractivity contribution is -0.318. The van der Waals surface area contributed by atoms with Crippen molar-refractivity contribution in [3.8, 4) is 45.8 Å².